The van der Waals surface area contributed by atoms with Crippen LogP contribution in [-0.4, -0.2) is 63.4 Å². The second-order valence-electron chi connectivity index (χ2n) is 6.87. The van der Waals surface area contributed by atoms with Crippen molar-refractivity contribution >= 4 is 17.3 Å². The van der Waals surface area contributed by atoms with E-state index in [4.69, 9.17) is 9.47 Å². The van der Waals surface area contributed by atoms with Crippen LogP contribution in [0.1, 0.15) is 17.8 Å². The lowest BCUT2D eigenvalue weighted by Crippen LogP contribution is -2.47. The van der Waals surface area contributed by atoms with Gasteiger partial charge in [0.1, 0.15) is 6.10 Å². The molecule has 0 aliphatic carbocycles. The first kappa shape index (κ1) is 21.5. The summed E-state index contributed by atoms with van der Waals surface area (Å²) in [6.45, 7) is 6.51. The van der Waals surface area contributed by atoms with Crippen molar-refractivity contribution in [2.45, 2.75) is 19.1 Å². The van der Waals surface area contributed by atoms with Crippen LogP contribution in [0.5, 0.6) is 5.75 Å². The molecule has 2 aromatic rings. The highest BCUT2D eigenvalue weighted by Crippen LogP contribution is 2.25. The zero-order chi connectivity index (χ0) is 20.5. The van der Waals surface area contributed by atoms with E-state index in [-0.39, 0.29) is 23.7 Å². The molecule has 0 radical (unpaired) electrons. The first-order valence-corrected chi connectivity index (χ1v) is 10.8. The molecule has 1 fully saturated rings. The lowest BCUT2D eigenvalue weighted by atomic mass is 10.2. The number of rotatable bonds is 8. The molecule has 6 nitrogen and oxygen atoms in total. The van der Waals surface area contributed by atoms with Crippen LogP contribution < -0.4 is 15.4 Å². The predicted octanol–water partition coefficient (Wildman–Crippen LogP) is 2.89. The van der Waals surface area contributed by atoms with Crippen molar-refractivity contribution in [1.29, 1.82) is 0 Å². The Bertz CT molecular complexity index is 766. The number of benzene rings is 1. The summed E-state index contributed by atoms with van der Waals surface area (Å²) < 4.78 is 24.9. The van der Waals surface area contributed by atoms with E-state index in [1.54, 1.807) is 36.6 Å². The lowest BCUT2D eigenvalue weighted by Gasteiger charge is -2.34. The summed E-state index contributed by atoms with van der Waals surface area (Å²) in [5.41, 5.74) is 0. The van der Waals surface area contributed by atoms with Crippen molar-refractivity contribution in [2.24, 2.45) is 4.99 Å². The number of nitrogens with one attached hydrogen (secondary N) is 2. The number of halogens is 1. The SMILES string of the molecule is CN=C(NCC(C)Oc1ccccc1F)NCC(c1cccs1)N1CCOCC1. The van der Waals surface area contributed by atoms with Crippen molar-refractivity contribution in [3.8, 4) is 5.75 Å². The van der Waals surface area contributed by atoms with Crippen molar-refractivity contribution in [3.63, 3.8) is 0 Å². The van der Waals surface area contributed by atoms with Gasteiger partial charge in [0.15, 0.2) is 17.5 Å². The normalized spacial score (nSPS) is 17.6. The minimum absolute atomic E-state index is 0.210. The molecule has 3 rings (SSSR count). The molecular formula is C21H29FN4O2S. The maximum absolute atomic E-state index is 13.7. The van der Waals surface area contributed by atoms with Crippen LogP contribution in [-0.2, 0) is 4.74 Å². The second-order valence-corrected chi connectivity index (χ2v) is 7.85. The van der Waals surface area contributed by atoms with Gasteiger partial charge in [0, 0.05) is 31.6 Å². The smallest absolute Gasteiger partial charge is 0.191 e. The third-order valence-electron chi connectivity index (χ3n) is 4.77. The van der Waals surface area contributed by atoms with E-state index in [2.05, 4.69) is 38.0 Å². The maximum Gasteiger partial charge on any atom is 0.191 e. The van der Waals surface area contributed by atoms with Gasteiger partial charge in [0.05, 0.1) is 25.8 Å². The van der Waals surface area contributed by atoms with Crippen LogP contribution in [0.2, 0.25) is 0 Å². The summed E-state index contributed by atoms with van der Waals surface area (Å²) >= 11 is 1.77. The summed E-state index contributed by atoms with van der Waals surface area (Å²) in [6, 6.07) is 11.0. The molecule has 29 heavy (non-hydrogen) atoms. The molecule has 158 valence electrons. The third kappa shape index (κ3) is 6.42. The molecule has 8 heteroatoms. The zero-order valence-corrected chi connectivity index (χ0v) is 17.8. The molecule has 2 unspecified atom stereocenters. The molecule has 1 saturated heterocycles. The van der Waals surface area contributed by atoms with Crippen molar-refractivity contribution in [3.05, 3.63) is 52.5 Å². The number of thiophene rings is 1. The Kier molecular flexibility index (Phi) is 8.27. The van der Waals surface area contributed by atoms with Gasteiger partial charge in [-0.15, -0.1) is 11.3 Å². The quantitative estimate of drug-likeness (QED) is 0.508. The van der Waals surface area contributed by atoms with E-state index in [1.807, 2.05) is 6.92 Å². The van der Waals surface area contributed by atoms with Crippen LogP contribution in [0, 0.1) is 5.82 Å². The number of ether oxygens (including phenoxy) is 2. The number of hydrogen-bond acceptors (Lipinski definition) is 5. The molecule has 1 aromatic carbocycles. The summed E-state index contributed by atoms with van der Waals surface area (Å²) in [7, 11) is 1.74. The number of aliphatic imine (C=N–C) groups is 1. The van der Waals surface area contributed by atoms with E-state index in [0.29, 0.717) is 12.5 Å². The van der Waals surface area contributed by atoms with Gasteiger partial charge in [0.2, 0.25) is 0 Å². The molecule has 0 saturated carbocycles. The molecule has 1 aromatic heterocycles. The van der Waals surface area contributed by atoms with Crippen LogP contribution in [0.15, 0.2) is 46.8 Å². The Morgan fingerprint density at radius 2 is 1.97 bits per heavy atom. The summed E-state index contributed by atoms with van der Waals surface area (Å²) in [5, 5.41) is 8.79. The largest absolute Gasteiger partial charge is 0.486 e. The van der Waals surface area contributed by atoms with E-state index in [1.165, 1.54) is 10.9 Å². The number of nitrogens with zero attached hydrogens (tertiary/aromatic N) is 2. The molecule has 0 bridgehead atoms. The molecular weight excluding hydrogens is 391 g/mol. The van der Waals surface area contributed by atoms with E-state index in [0.717, 1.165) is 32.8 Å². The highest BCUT2D eigenvalue weighted by atomic mass is 32.1. The zero-order valence-electron chi connectivity index (χ0n) is 16.9. The second kappa shape index (κ2) is 11.1. The van der Waals surface area contributed by atoms with Crippen molar-refractivity contribution in [1.82, 2.24) is 15.5 Å². The van der Waals surface area contributed by atoms with Gasteiger partial charge in [-0.3, -0.25) is 9.89 Å². The summed E-state index contributed by atoms with van der Waals surface area (Å²) in [4.78, 5) is 8.08. The lowest BCUT2D eigenvalue weighted by molar-refractivity contribution is 0.0177. The Hall–Kier alpha value is -2.16. The first-order valence-electron chi connectivity index (χ1n) is 9.88. The fourth-order valence-electron chi connectivity index (χ4n) is 3.23. The molecule has 2 N–H and O–H groups in total. The number of para-hydroxylation sites is 1. The first-order chi connectivity index (χ1) is 14.2. The molecule has 2 heterocycles. The van der Waals surface area contributed by atoms with Crippen LogP contribution >= 0.6 is 11.3 Å². The van der Waals surface area contributed by atoms with Gasteiger partial charge in [-0.05, 0) is 30.5 Å². The third-order valence-corrected chi connectivity index (χ3v) is 5.74. The van der Waals surface area contributed by atoms with E-state index < -0.39 is 0 Å². The van der Waals surface area contributed by atoms with Crippen LogP contribution in [0.25, 0.3) is 0 Å². The van der Waals surface area contributed by atoms with Crippen LogP contribution in [0.4, 0.5) is 4.39 Å². The fraction of sp³-hybridized carbons (Fsp3) is 0.476. The Balaban J connectivity index is 1.51. The predicted molar refractivity (Wildman–Crippen MR) is 115 cm³/mol. The maximum atomic E-state index is 13.7. The number of hydrogen-bond donors (Lipinski definition) is 2. The van der Waals surface area contributed by atoms with Gasteiger partial charge >= 0.3 is 0 Å². The highest BCUT2D eigenvalue weighted by molar-refractivity contribution is 7.10. The van der Waals surface area contributed by atoms with Gasteiger partial charge < -0.3 is 20.1 Å². The molecule has 0 spiro atoms. The molecule has 1 aliphatic heterocycles. The van der Waals surface area contributed by atoms with Gasteiger partial charge in [0.25, 0.3) is 0 Å². The van der Waals surface area contributed by atoms with Crippen LogP contribution in [0.3, 0.4) is 0 Å². The Labute approximate surface area is 175 Å². The van der Waals surface area contributed by atoms with Crippen molar-refractivity contribution in [2.75, 3.05) is 46.4 Å². The van der Waals surface area contributed by atoms with E-state index in [9.17, 15) is 4.39 Å². The Morgan fingerprint density at radius 3 is 2.66 bits per heavy atom. The Morgan fingerprint density at radius 1 is 1.21 bits per heavy atom. The minimum Gasteiger partial charge on any atom is -0.486 e. The summed E-state index contributed by atoms with van der Waals surface area (Å²) in [6.07, 6.45) is -0.210. The van der Waals surface area contributed by atoms with Gasteiger partial charge in [-0.1, -0.05) is 18.2 Å². The standard InChI is InChI=1S/C21H29FN4O2S/c1-16(28-19-7-4-3-6-17(19)22)14-24-21(23-2)25-15-18(20-8-5-13-29-20)26-9-11-27-12-10-26/h3-8,13,16,18H,9-12,14-15H2,1-2H3,(H2,23,24,25). The minimum atomic E-state index is -0.355. The molecule has 0 amide bonds. The van der Waals surface area contributed by atoms with E-state index >= 15 is 0 Å². The molecule has 2 atom stereocenters. The fourth-order valence-corrected chi connectivity index (χ4v) is 4.09. The number of guanidine groups is 1. The average molecular weight is 421 g/mol. The average Bonchev–Trinajstić information content (AvgIpc) is 3.27. The van der Waals surface area contributed by atoms with Gasteiger partial charge in [-0.25, -0.2) is 4.39 Å². The summed E-state index contributed by atoms with van der Waals surface area (Å²) in [5.74, 6) is 0.602. The highest BCUT2D eigenvalue weighted by Gasteiger charge is 2.23. The monoisotopic (exact) mass is 420 g/mol. The topological polar surface area (TPSA) is 58.1 Å². The van der Waals surface area contributed by atoms with Gasteiger partial charge in [-0.2, -0.15) is 0 Å². The number of morpholine rings is 1. The van der Waals surface area contributed by atoms with Crippen molar-refractivity contribution < 1.29 is 13.9 Å². The molecule has 1 aliphatic rings.